The summed E-state index contributed by atoms with van der Waals surface area (Å²) in [5, 5.41) is 11.0. The molecule has 0 heterocycles. The van der Waals surface area contributed by atoms with Crippen molar-refractivity contribution in [2.45, 2.75) is 6.54 Å². The zero-order valence-corrected chi connectivity index (χ0v) is 10.4. The van der Waals surface area contributed by atoms with Crippen LogP contribution in [0, 0.1) is 0 Å². The molecule has 0 aliphatic rings. The van der Waals surface area contributed by atoms with Crippen molar-refractivity contribution in [3.63, 3.8) is 0 Å². The molecule has 1 amide bonds. The molecule has 0 spiro atoms. The lowest BCUT2D eigenvalue weighted by Crippen LogP contribution is -2.20. The highest BCUT2D eigenvalue weighted by Gasteiger charge is 1.99. The Labute approximate surface area is 106 Å². The summed E-state index contributed by atoms with van der Waals surface area (Å²) >= 11 is 0. The third kappa shape index (κ3) is 4.69. The van der Waals surface area contributed by atoms with Crippen molar-refractivity contribution in [3.05, 3.63) is 42.0 Å². The Bertz CT molecular complexity index is 450. The first kappa shape index (κ1) is 13.8. The maximum absolute atomic E-state index is 11.2. The van der Waals surface area contributed by atoms with Crippen LogP contribution in [0.25, 0.3) is 0 Å². The molecule has 0 aliphatic heterocycles. The van der Waals surface area contributed by atoms with Gasteiger partial charge < -0.3 is 15.3 Å². The molecule has 0 saturated carbocycles. The second kappa shape index (κ2) is 6.44. The Morgan fingerprint density at radius 2 is 1.83 bits per heavy atom. The quantitative estimate of drug-likeness (QED) is 0.763. The molecule has 5 nitrogen and oxygen atoms in total. The lowest BCUT2D eigenvalue weighted by molar-refractivity contribution is -0.131. The SMILES string of the molecule is CN(C)c1ccc(CNC(=O)/C=C/C(=O)O)cc1. The summed E-state index contributed by atoms with van der Waals surface area (Å²) in [5.74, 6) is -1.56. The van der Waals surface area contributed by atoms with Crippen molar-refractivity contribution >= 4 is 17.6 Å². The number of carboxylic acids is 1. The minimum absolute atomic E-state index is 0.372. The number of nitrogens with zero attached hydrogens (tertiary/aromatic N) is 1. The number of hydrogen-bond acceptors (Lipinski definition) is 3. The molecule has 0 fully saturated rings. The molecule has 1 aromatic rings. The Kier molecular flexibility index (Phi) is 4.92. The van der Waals surface area contributed by atoms with Crippen LogP contribution in [-0.4, -0.2) is 31.1 Å². The zero-order chi connectivity index (χ0) is 13.5. The molecule has 0 radical (unpaired) electrons. The molecule has 2 N–H and O–H groups in total. The van der Waals surface area contributed by atoms with E-state index in [4.69, 9.17) is 5.11 Å². The number of amides is 1. The van der Waals surface area contributed by atoms with E-state index < -0.39 is 11.9 Å². The summed E-state index contributed by atoms with van der Waals surface area (Å²) in [4.78, 5) is 23.4. The molecule has 1 rings (SSSR count). The van der Waals surface area contributed by atoms with E-state index in [2.05, 4.69) is 5.32 Å². The molecule has 0 bridgehead atoms. The van der Waals surface area contributed by atoms with Gasteiger partial charge in [-0.05, 0) is 17.7 Å². The molecule has 0 unspecified atom stereocenters. The predicted molar refractivity (Wildman–Crippen MR) is 69.4 cm³/mol. The van der Waals surface area contributed by atoms with Crippen LogP contribution in [0.4, 0.5) is 5.69 Å². The smallest absolute Gasteiger partial charge is 0.328 e. The summed E-state index contributed by atoms with van der Waals surface area (Å²) in [6.07, 6.45) is 1.81. The van der Waals surface area contributed by atoms with E-state index >= 15 is 0 Å². The average Bonchev–Trinajstić information content (AvgIpc) is 2.34. The fraction of sp³-hybridized carbons (Fsp3) is 0.231. The zero-order valence-electron chi connectivity index (χ0n) is 10.4. The van der Waals surface area contributed by atoms with Crippen molar-refractivity contribution in [3.8, 4) is 0 Å². The summed E-state index contributed by atoms with van der Waals surface area (Å²) in [5.41, 5.74) is 2.04. The topological polar surface area (TPSA) is 69.6 Å². The number of carbonyl (C=O) groups excluding carboxylic acids is 1. The van der Waals surface area contributed by atoms with Gasteiger partial charge in [0, 0.05) is 38.5 Å². The van der Waals surface area contributed by atoms with Gasteiger partial charge in [0.05, 0.1) is 0 Å². The first-order valence-electron chi connectivity index (χ1n) is 5.44. The fourth-order valence-corrected chi connectivity index (χ4v) is 1.31. The van der Waals surface area contributed by atoms with E-state index in [1.165, 1.54) is 0 Å². The number of carboxylic acid groups (broad SMARTS) is 1. The second-order valence-electron chi connectivity index (χ2n) is 3.95. The molecule has 96 valence electrons. The largest absolute Gasteiger partial charge is 0.478 e. The summed E-state index contributed by atoms with van der Waals surface area (Å²) in [7, 11) is 3.90. The minimum Gasteiger partial charge on any atom is -0.478 e. The number of hydrogen-bond donors (Lipinski definition) is 2. The maximum atomic E-state index is 11.2. The average molecular weight is 248 g/mol. The Balaban J connectivity index is 2.49. The van der Waals surface area contributed by atoms with E-state index in [1.807, 2.05) is 43.3 Å². The van der Waals surface area contributed by atoms with Gasteiger partial charge in [0.2, 0.25) is 5.91 Å². The van der Waals surface area contributed by atoms with Gasteiger partial charge in [-0.2, -0.15) is 0 Å². The molecule has 0 atom stereocenters. The lowest BCUT2D eigenvalue weighted by Gasteiger charge is -2.12. The van der Waals surface area contributed by atoms with Crippen LogP contribution in [0.1, 0.15) is 5.56 Å². The van der Waals surface area contributed by atoms with Gasteiger partial charge in [-0.1, -0.05) is 12.1 Å². The van der Waals surface area contributed by atoms with E-state index in [9.17, 15) is 9.59 Å². The molecule has 18 heavy (non-hydrogen) atoms. The maximum Gasteiger partial charge on any atom is 0.328 e. The van der Waals surface area contributed by atoms with Crippen molar-refractivity contribution in [1.82, 2.24) is 5.32 Å². The Hall–Kier alpha value is -2.30. The van der Waals surface area contributed by atoms with E-state index in [0.717, 1.165) is 23.4 Å². The van der Waals surface area contributed by atoms with E-state index in [0.29, 0.717) is 6.54 Å². The van der Waals surface area contributed by atoms with Crippen LogP contribution >= 0.6 is 0 Å². The summed E-state index contributed by atoms with van der Waals surface area (Å²) in [6.45, 7) is 0.372. The molecule has 0 saturated heterocycles. The normalized spacial score (nSPS) is 10.3. The lowest BCUT2D eigenvalue weighted by atomic mass is 10.2. The third-order valence-electron chi connectivity index (χ3n) is 2.30. The highest BCUT2D eigenvalue weighted by Crippen LogP contribution is 2.11. The molecule has 5 heteroatoms. The monoisotopic (exact) mass is 248 g/mol. The summed E-state index contributed by atoms with van der Waals surface area (Å²) < 4.78 is 0. The highest BCUT2D eigenvalue weighted by atomic mass is 16.4. The van der Waals surface area contributed by atoms with E-state index in [1.54, 1.807) is 0 Å². The molecule has 0 aromatic heterocycles. The van der Waals surface area contributed by atoms with Crippen LogP contribution in [-0.2, 0) is 16.1 Å². The van der Waals surface area contributed by atoms with Gasteiger partial charge in [0.15, 0.2) is 0 Å². The number of nitrogens with one attached hydrogen (secondary N) is 1. The minimum atomic E-state index is -1.14. The van der Waals surface area contributed by atoms with Crippen molar-refractivity contribution < 1.29 is 14.7 Å². The van der Waals surface area contributed by atoms with E-state index in [-0.39, 0.29) is 0 Å². The van der Waals surface area contributed by atoms with Gasteiger partial charge in [0.25, 0.3) is 0 Å². The first-order valence-corrected chi connectivity index (χ1v) is 5.44. The number of anilines is 1. The van der Waals surface area contributed by atoms with Gasteiger partial charge in [-0.25, -0.2) is 4.79 Å². The third-order valence-corrected chi connectivity index (χ3v) is 2.30. The second-order valence-corrected chi connectivity index (χ2v) is 3.95. The number of carbonyl (C=O) groups is 2. The van der Waals surface area contributed by atoms with Gasteiger partial charge >= 0.3 is 5.97 Å². The highest BCUT2D eigenvalue weighted by molar-refractivity contribution is 5.93. The standard InChI is InChI=1S/C13H16N2O3/c1-15(2)11-5-3-10(4-6-11)9-14-12(16)7-8-13(17)18/h3-8H,9H2,1-2H3,(H,14,16)(H,17,18)/b8-7+. The molecule has 1 aromatic carbocycles. The first-order chi connectivity index (χ1) is 8.49. The van der Waals surface area contributed by atoms with Crippen molar-refractivity contribution in [1.29, 1.82) is 0 Å². The van der Waals surface area contributed by atoms with Crippen LogP contribution in [0.3, 0.4) is 0 Å². The van der Waals surface area contributed by atoms with Crippen LogP contribution < -0.4 is 10.2 Å². The summed E-state index contributed by atoms with van der Waals surface area (Å²) in [6, 6.07) is 7.73. The number of aliphatic carboxylic acids is 1. The van der Waals surface area contributed by atoms with Gasteiger partial charge in [-0.3, -0.25) is 4.79 Å². The van der Waals surface area contributed by atoms with Gasteiger partial charge in [0.1, 0.15) is 0 Å². The van der Waals surface area contributed by atoms with Crippen molar-refractivity contribution in [2.24, 2.45) is 0 Å². The number of rotatable bonds is 5. The molecule has 0 aliphatic carbocycles. The fourth-order valence-electron chi connectivity index (χ4n) is 1.31. The van der Waals surface area contributed by atoms with Crippen LogP contribution in [0.5, 0.6) is 0 Å². The Morgan fingerprint density at radius 1 is 1.22 bits per heavy atom. The predicted octanol–water partition coefficient (Wildman–Crippen LogP) is 1.01. The van der Waals surface area contributed by atoms with Crippen molar-refractivity contribution in [2.75, 3.05) is 19.0 Å². The number of benzene rings is 1. The molecular formula is C13H16N2O3. The van der Waals surface area contributed by atoms with Crippen LogP contribution in [0.2, 0.25) is 0 Å². The Morgan fingerprint density at radius 3 is 2.33 bits per heavy atom. The van der Waals surface area contributed by atoms with Gasteiger partial charge in [-0.15, -0.1) is 0 Å². The van der Waals surface area contributed by atoms with Crippen LogP contribution in [0.15, 0.2) is 36.4 Å². The molecular weight excluding hydrogens is 232 g/mol.